The first kappa shape index (κ1) is 67.7. The highest BCUT2D eigenvalue weighted by Crippen LogP contribution is 2.19. The van der Waals surface area contributed by atoms with Crippen molar-refractivity contribution in [2.75, 3.05) is 0 Å². The van der Waals surface area contributed by atoms with Crippen molar-refractivity contribution in [1.29, 1.82) is 0 Å². The molecule has 0 bridgehead atoms. The second-order valence-corrected chi connectivity index (χ2v) is 23.1. The number of carbonyl (C=O) groups excluding carboxylic acids is 8. The number of amides is 7. The monoisotopic (exact) mass is 1060 g/mol. The van der Waals surface area contributed by atoms with Gasteiger partial charge in [-0.15, -0.1) is 0 Å². The SMILES string of the molecule is CC(C)CCCCCCCCCCCC1CC(=O)NC(CCC(=O)O)C(=O)NC(CC(C)C)C(=O)NC(CC(C)C)C(=O)NC(CC(C)C)C(=O)N[C@@H](CC(=O)O)C(=O)NC(CC(C)C)C(=O)NC(C(C)C)C(=O)O1. The van der Waals surface area contributed by atoms with E-state index in [1.54, 1.807) is 55.4 Å². The summed E-state index contributed by atoms with van der Waals surface area (Å²) in [4.78, 5) is 137. The van der Waals surface area contributed by atoms with Gasteiger partial charge in [0.2, 0.25) is 41.4 Å². The standard InChI is InChI=1S/C55H97N7O13/c1-32(2)22-20-18-16-14-13-15-17-19-21-23-38-30-45(63)56-39(24-25-46(64)65)49(68)57-40(26-33(3)4)50(69)58-41(27-34(5)6)51(70)59-42(28-35(7)8)52(71)61-44(31-47(66)67)53(72)60-43(29-36(9)10)54(73)62-48(37(11)12)55(74)75-38/h32-44,48H,13-31H2,1-12H3,(H,56,63)(H,57,68)(H,58,69)(H,59,70)(H,60,72)(H,61,71)(H,62,73)(H,64,65)(H,66,67)/t38?,39?,40?,41?,42?,43?,44-,48?/m0/s1. The van der Waals surface area contributed by atoms with Crippen LogP contribution in [0.3, 0.4) is 0 Å². The number of hydrogen-bond acceptors (Lipinski definition) is 11. The molecule has 8 atom stereocenters. The van der Waals surface area contributed by atoms with Gasteiger partial charge in [0, 0.05) is 6.42 Å². The molecule has 0 aromatic carbocycles. The molecule has 1 aliphatic rings. The molecular weight excluding hydrogens is 967 g/mol. The summed E-state index contributed by atoms with van der Waals surface area (Å²) in [5.74, 6) is -10.1. The van der Waals surface area contributed by atoms with E-state index in [9.17, 15) is 58.2 Å². The first-order chi connectivity index (χ1) is 35.1. The minimum atomic E-state index is -1.72. The fourth-order valence-electron chi connectivity index (χ4n) is 8.91. The number of ether oxygens (including phenoxy) is 1. The smallest absolute Gasteiger partial charge is 0.329 e. The van der Waals surface area contributed by atoms with Gasteiger partial charge < -0.3 is 52.2 Å². The van der Waals surface area contributed by atoms with Crippen LogP contribution in [0.25, 0.3) is 0 Å². The van der Waals surface area contributed by atoms with Crippen LogP contribution in [0.5, 0.6) is 0 Å². The van der Waals surface area contributed by atoms with Crippen LogP contribution in [0.1, 0.15) is 205 Å². The van der Waals surface area contributed by atoms with Gasteiger partial charge in [-0.1, -0.05) is 141 Å². The van der Waals surface area contributed by atoms with Gasteiger partial charge in [0.05, 0.1) is 12.8 Å². The van der Waals surface area contributed by atoms with E-state index in [4.69, 9.17) is 4.74 Å². The van der Waals surface area contributed by atoms with E-state index in [1.807, 2.05) is 13.8 Å². The molecule has 0 radical (unpaired) electrons. The van der Waals surface area contributed by atoms with Crippen molar-refractivity contribution >= 4 is 59.3 Å². The van der Waals surface area contributed by atoms with Crippen LogP contribution in [0.4, 0.5) is 0 Å². The first-order valence-corrected chi connectivity index (χ1v) is 27.8. The quantitative estimate of drug-likeness (QED) is 0.0365. The average Bonchev–Trinajstić information content (AvgIpc) is 3.28. The molecule has 7 unspecified atom stereocenters. The summed E-state index contributed by atoms with van der Waals surface area (Å²) in [6.45, 7) is 22.2. The molecule has 0 aromatic rings. The molecule has 0 aliphatic carbocycles. The lowest BCUT2D eigenvalue weighted by Crippen LogP contribution is -2.60. The predicted octanol–water partition coefficient (Wildman–Crippen LogP) is 5.82. The summed E-state index contributed by atoms with van der Waals surface area (Å²) in [6.07, 6.45) is 7.49. The van der Waals surface area contributed by atoms with Gasteiger partial charge in [-0.25, -0.2) is 4.79 Å². The largest absolute Gasteiger partial charge is 0.481 e. The molecule has 20 nitrogen and oxygen atoms in total. The number of aliphatic carboxylic acids is 2. The Bertz CT molecular complexity index is 1840. The maximum atomic E-state index is 14.2. The molecule has 20 heteroatoms. The molecular formula is C55H97N7O13. The van der Waals surface area contributed by atoms with E-state index in [0.29, 0.717) is 12.3 Å². The van der Waals surface area contributed by atoms with E-state index in [-0.39, 0.29) is 62.2 Å². The van der Waals surface area contributed by atoms with Crippen molar-refractivity contribution in [2.24, 2.45) is 35.5 Å². The lowest BCUT2D eigenvalue weighted by Gasteiger charge is -2.29. The maximum Gasteiger partial charge on any atom is 0.329 e. The van der Waals surface area contributed by atoms with Crippen molar-refractivity contribution in [3.8, 4) is 0 Å². The molecule has 75 heavy (non-hydrogen) atoms. The maximum absolute atomic E-state index is 14.2. The zero-order chi connectivity index (χ0) is 56.9. The van der Waals surface area contributed by atoms with Gasteiger partial charge in [-0.2, -0.15) is 0 Å². The Morgan fingerprint density at radius 3 is 1.17 bits per heavy atom. The summed E-state index contributed by atoms with van der Waals surface area (Å²) in [5, 5.41) is 38.0. The van der Waals surface area contributed by atoms with Crippen molar-refractivity contribution < 1.29 is 62.9 Å². The van der Waals surface area contributed by atoms with Gasteiger partial charge in [-0.05, 0) is 80.5 Å². The zero-order valence-electron chi connectivity index (χ0n) is 47.4. The van der Waals surface area contributed by atoms with Crippen LogP contribution in [0.15, 0.2) is 0 Å². The van der Waals surface area contributed by atoms with E-state index in [0.717, 1.165) is 32.1 Å². The molecule has 430 valence electrons. The van der Waals surface area contributed by atoms with Crippen LogP contribution in [0, 0.1) is 35.5 Å². The molecule has 0 spiro atoms. The summed E-state index contributed by atoms with van der Waals surface area (Å²) in [7, 11) is 0. The van der Waals surface area contributed by atoms with Gasteiger partial charge in [0.15, 0.2) is 0 Å². The summed E-state index contributed by atoms with van der Waals surface area (Å²) >= 11 is 0. The molecule has 1 aliphatic heterocycles. The van der Waals surface area contributed by atoms with Gasteiger partial charge in [-0.3, -0.25) is 43.2 Å². The van der Waals surface area contributed by atoms with Crippen LogP contribution in [0.2, 0.25) is 0 Å². The summed E-state index contributed by atoms with van der Waals surface area (Å²) in [5.41, 5.74) is 0. The Morgan fingerprint density at radius 1 is 0.440 bits per heavy atom. The molecule has 1 fully saturated rings. The van der Waals surface area contributed by atoms with Gasteiger partial charge in [0.25, 0.3) is 0 Å². The van der Waals surface area contributed by atoms with Crippen molar-refractivity contribution in [3.05, 3.63) is 0 Å². The van der Waals surface area contributed by atoms with Gasteiger partial charge >= 0.3 is 17.9 Å². The first-order valence-electron chi connectivity index (χ1n) is 27.8. The number of unbranched alkanes of at least 4 members (excludes halogenated alkanes) is 8. The third kappa shape index (κ3) is 29.6. The molecule has 1 saturated heterocycles. The molecule has 0 aromatic heterocycles. The fourth-order valence-corrected chi connectivity index (χ4v) is 8.91. The molecule has 9 N–H and O–H groups in total. The highest BCUT2D eigenvalue weighted by atomic mass is 16.5. The average molecular weight is 1060 g/mol. The summed E-state index contributed by atoms with van der Waals surface area (Å²) in [6, 6.07) is -9.64. The minimum absolute atomic E-state index is 0.0294. The van der Waals surface area contributed by atoms with E-state index in [1.165, 1.54) is 25.7 Å². The molecule has 7 amide bonds. The lowest BCUT2D eigenvalue weighted by molar-refractivity contribution is -0.156. The minimum Gasteiger partial charge on any atom is -0.481 e. The fraction of sp³-hybridized carbons (Fsp3) is 0.818. The normalized spacial score (nSPS) is 23.7. The van der Waals surface area contributed by atoms with Crippen LogP contribution in [-0.2, 0) is 52.7 Å². The van der Waals surface area contributed by atoms with Crippen molar-refractivity contribution in [3.63, 3.8) is 0 Å². The number of carbonyl (C=O) groups is 10. The van der Waals surface area contributed by atoms with Crippen molar-refractivity contribution in [2.45, 2.75) is 253 Å². The topological polar surface area (TPSA) is 305 Å². The van der Waals surface area contributed by atoms with E-state index >= 15 is 0 Å². The Morgan fingerprint density at radius 2 is 0.800 bits per heavy atom. The Kier molecular flexibility index (Phi) is 32.4. The zero-order valence-corrected chi connectivity index (χ0v) is 47.4. The number of cyclic esters (lactones) is 1. The number of nitrogens with one attached hydrogen (secondary N) is 7. The third-order valence-electron chi connectivity index (χ3n) is 12.9. The molecule has 0 saturated carbocycles. The number of rotatable bonds is 26. The number of carboxylic acids is 2. The molecule has 1 rings (SSSR count). The van der Waals surface area contributed by atoms with E-state index < -0.39 is 133 Å². The van der Waals surface area contributed by atoms with Crippen LogP contribution >= 0.6 is 0 Å². The Balaban J connectivity index is 3.88. The second kappa shape index (κ2) is 35.9. The Hall–Kier alpha value is -5.30. The third-order valence-corrected chi connectivity index (χ3v) is 12.9. The predicted molar refractivity (Wildman–Crippen MR) is 285 cm³/mol. The second-order valence-electron chi connectivity index (χ2n) is 23.1. The van der Waals surface area contributed by atoms with E-state index in [2.05, 4.69) is 51.1 Å². The lowest BCUT2D eigenvalue weighted by atomic mass is 9.98. The number of carboxylic acid groups (broad SMARTS) is 2. The highest BCUT2D eigenvalue weighted by molar-refractivity contribution is 5.98. The number of hydrogen-bond donors (Lipinski definition) is 9. The summed E-state index contributed by atoms with van der Waals surface area (Å²) < 4.78 is 6.03. The highest BCUT2D eigenvalue weighted by Gasteiger charge is 2.37. The van der Waals surface area contributed by atoms with Crippen molar-refractivity contribution in [1.82, 2.24) is 37.2 Å². The number of esters is 1. The Labute approximate surface area is 447 Å². The molecule has 1 heterocycles. The van der Waals surface area contributed by atoms with Crippen LogP contribution < -0.4 is 37.2 Å². The van der Waals surface area contributed by atoms with Gasteiger partial charge in [0.1, 0.15) is 48.4 Å². The van der Waals surface area contributed by atoms with Crippen LogP contribution in [-0.4, -0.2) is 118 Å².